The van der Waals surface area contributed by atoms with E-state index in [4.69, 9.17) is 16.3 Å². The maximum atomic E-state index is 13.4. The van der Waals surface area contributed by atoms with E-state index >= 15 is 0 Å². The van der Waals surface area contributed by atoms with Gasteiger partial charge < -0.3 is 10.1 Å². The number of ether oxygens (including phenoxy) is 1. The number of carbonyl (C=O) groups excluding carboxylic acids is 1. The van der Waals surface area contributed by atoms with E-state index in [9.17, 15) is 9.18 Å². The lowest BCUT2D eigenvalue weighted by atomic mass is 10.1. The maximum Gasteiger partial charge on any atom is 0.257 e. The van der Waals surface area contributed by atoms with Crippen LogP contribution in [0.3, 0.4) is 0 Å². The van der Waals surface area contributed by atoms with Crippen LogP contribution in [-0.4, -0.2) is 31.1 Å². The van der Waals surface area contributed by atoms with Crippen molar-refractivity contribution < 1.29 is 13.9 Å². The van der Waals surface area contributed by atoms with Gasteiger partial charge in [0, 0.05) is 17.9 Å². The number of halogens is 2. The van der Waals surface area contributed by atoms with E-state index in [-0.39, 0.29) is 23.0 Å². The smallest absolute Gasteiger partial charge is 0.257 e. The molecule has 0 unspecified atom stereocenters. The minimum atomic E-state index is -0.510. The van der Waals surface area contributed by atoms with Crippen LogP contribution < -0.4 is 10.6 Å². The highest BCUT2D eigenvalue weighted by Gasteiger charge is 2.16. The zero-order valence-corrected chi connectivity index (χ0v) is 15.7. The minimum Gasteiger partial charge on any atom is -0.376 e. The Kier molecular flexibility index (Phi) is 6.42. The van der Waals surface area contributed by atoms with E-state index in [0.29, 0.717) is 17.8 Å². The molecule has 1 amide bonds. The van der Waals surface area contributed by atoms with Gasteiger partial charge in [-0.25, -0.2) is 9.38 Å². The quantitative estimate of drug-likeness (QED) is 0.609. The molecule has 1 fully saturated rings. The molecule has 2 aromatic rings. The molecule has 2 N–H and O–H groups in total. The van der Waals surface area contributed by atoms with Crippen molar-refractivity contribution in [2.75, 3.05) is 18.5 Å². The summed E-state index contributed by atoms with van der Waals surface area (Å²) in [7, 11) is 0. The SMILES string of the molecule is Cc1ccc(C(=O)NC(=NC[C@H]2CCCO2)Nc2ccc(F)c(Cl)c2)cc1. The Hall–Kier alpha value is -2.44. The van der Waals surface area contributed by atoms with Gasteiger partial charge in [0.05, 0.1) is 17.7 Å². The number of hydrogen-bond acceptors (Lipinski definition) is 3. The third-order valence-corrected chi connectivity index (χ3v) is 4.49. The Morgan fingerprint density at radius 1 is 1.30 bits per heavy atom. The molecule has 0 bridgehead atoms. The van der Waals surface area contributed by atoms with Crippen LogP contribution in [0.1, 0.15) is 28.8 Å². The number of anilines is 1. The lowest BCUT2D eigenvalue weighted by Crippen LogP contribution is -2.36. The number of carbonyl (C=O) groups is 1. The molecule has 0 spiro atoms. The van der Waals surface area contributed by atoms with Crippen molar-refractivity contribution in [3.05, 3.63) is 64.4 Å². The predicted octanol–water partition coefficient (Wildman–Crippen LogP) is 4.16. The third-order valence-electron chi connectivity index (χ3n) is 4.21. The molecule has 1 aliphatic heterocycles. The normalized spacial score (nSPS) is 17.0. The Bertz CT molecular complexity index is 834. The second-order valence-electron chi connectivity index (χ2n) is 6.40. The molecule has 27 heavy (non-hydrogen) atoms. The monoisotopic (exact) mass is 389 g/mol. The summed E-state index contributed by atoms with van der Waals surface area (Å²) in [6.45, 7) is 3.10. The maximum absolute atomic E-state index is 13.4. The zero-order valence-electron chi connectivity index (χ0n) is 15.0. The zero-order chi connectivity index (χ0) is 19.2. The predicted molar refractivity (Wildman–Crippen MR) is 105 cm³/mol. The van der Waals surface area contributed by atoms with Gasteiger partial charge in [0.15, 0.2) is 0 Å². The third kappa shape index (κ3) is 5.52. The Morgan fingerprint density at radius 2 is 2.07 bits per heavy atom. The molecule has 7 heteroatoms. The summed E-state index contributed by atoms with van der Waals surface area (Å²) in [5.41, 5.74) is 2.11. The molecule has 1 atom stereocenters. The number of nitrogens with one attached hydrogen (secondary N) is 2. The van der Waals surface area contributed by atoms with Crippen molar-refractivity contribution in [3.8, 4) is 0 Å². The molecular weight excluding hydrogens is 369 g/mol. The molecule has 3 rings (SSSR count). The lowest BCUT2D eigenvalue weighted by molar-refractivity contribution is 0.0975. The summed E-state index contributed by atoms with van der Waals surface area (Å²) in [5, 5.41) is 5.75. The molecule has 142 valence electrons. The number of nitrogens with zero attached hydrogens (tertiary/aromatic N) is 1. The van der Waals surface area contributed by atoms with Gasteiger partial charge in [0.1, 0.15) is 5.82 Å². The molecule has 1 aliphatic rings. The van der Waals surface area contributed by atoms with Crippen molar-refractivity contribution >= 4 is 29.2 Å². The van der Waals surface area contributed by atoms with E-state index in [1.165, 1.54) is 18.2 Å². The van der Waals surface area contributed by atoms with Crippen LogP contribution in [-0.2, 0) is 4.74 Å². The van der Waals surface area contributed by atoms with Gasteiger partial charge in [0.25, 0.3) is 5.91 Å². The van der Waals surface area contributed by atoms with Crippen molar-refractivity contribution in [2.45, 2.75) is 25.9 Å². The Labute approximate surface area is 162 Å². The summed E-state index contributed by atoms with van der Waals surface area (Å²) < 4.78 is 18.9. The van der Waals surface area contributed by atoms with E-state index < -0.39 is 5.82 Å². The molecule has 0 aromatic heterocycles. The lowest BCUT2D eigenvalue weighted by Gasteiger charge is -2.14. The van der Waals surface area contributed by atoms with Crippen LogP contribution in [0.4, 0.5) is 10.1 Å². The molecule has 5 nitrogen and oxygen atoms in total. The second-order valence-corrected chi connectivity index (χ2v) is 6.81. The number of rotatable bonds is 4. The molecule has 0 saturated carbocycles. The molecule has 0 radical (unpaired) electrons. The van der Waals surface area contributed by atoms with Crippen LogP contribution in [0.15, 0.2) is 47.5 Å². The van der Waals surface area contributed by atoms with Gasteiger partial charge in [-0.05, 0) is 50.1 Å². The van der Waals surface area contributed by atoms with Gasteiger partial charge in [-0.2, -0.15) is 0 Å². The number of benzene rings is 2. The molecule has 1 heterocycles. The highest BCUT2D eigenvalue weighted by molar-refractivity contribution is 6.31. The highest BCUT2D eigenvalue weighted by Crippen LogP contribution is 2.19. The summed E-state index contributed by atoms with van der Waals surface area (Å²) >= 11 is 5.83. The summed E-state index contributed by atoms with van der Waals surface area (Å²) in [5.74, 6) is -0.538. The van der Waals surface area contributed by atoms with E-state index in [1.54, 1.807) is 12.1 Å². The van der Waals surface area contributed by atoms with Crippen LogP contribution >= 0.6 is 11.6 Å². The first-order valence-electron chi connectivity index (χ1n) is 8.77. The van der Waals surface area contributed by atoms with Crippen molar-refractivity contribution in [1.82, 2.24) is 5.32 Å². The Morgan fingerprint density at radius 3 is 2.74 bits per heavy atom. The average Bonchev–Trinajstić information content (AvgIpc) is 3.17. The fourth-order valence-corrected chi connectivity index (χ4v) is 2.87. The number of guanidine groups is 1. The van der Waals surface area contributed by atoms with Crippen LogP contribution in [0.2, 0.25) is 5.02 Å². The molecule has 2 aromatic carbocycles. The largest absolute Gasteiger partial charge is 0.376 e. The van der Waals surface area contributed by atoms with E-state index in [0.717, 1.165) is 25.0 Å². The number of hydrogen-bond donors (Lipinski definition) is 2. The number of amides is 1. The van der Waals surface area contributed by atoms with Crippen molar-refractivity contribution in [3.63, 3.8) is 0 Å². The van der Waals surface area contributed by atoms with E-state index in [1.807, 2.05) is 19.1 Å². The fourth-order valence-electron chi connectivity index (χ4n) is 2.69. The Balaban J connectivity index is 1.75. The van der Waals surface area contributed by atoms with Gasteiger partial charge in [-0.15, -0.1) is 0 Å². The van der Waals surface area contributed by atoms with E-state index in [2.05, 4.69) is 15.6 Å². The van der Waals surface area contributed by atoms with Gasteiger partial charge in [0.2, 0.25) is 5.96 Å². The fraction of sp³-hybridized carbons (Fsp3) is 0.300. The number of aliphatic imine (C=N–C) groups is 1. The van der Waals surface area contributed by atoms with Gasteiger partial charge in [-0.1, -0.05) is 29.3 Å². The highest BCUT2D eigenvalue weighted by atomic mass is 35.5. The first-order chi connectivity index (χ1) is 13.0. The van der Waals surface area contributed by atoms with Gasteiger partial charge >= 0.3 is 0 Å². The van der Waals surface area contributed by atoms with Crippen LogP contribution in [0.25, 0.3) is 0 Å². The molecule has 0 aliphatic carbocycles. The second kappa shape index (κ2) is 8.97. The number of aryl methyl sites for hydroxylation is 1. The molecule has 1 saturated heterocycles. The first-order valence-corrected chi connectivity index (χ1v) is 9.15. The first kappa shape index (κ1) is 19.3. The van der Waals surface area contributed by atoms with Crippen molar-refractivity contribution in [2.24, 2.45) is 4.99 Å². The topological polar surface area (TPSA) is 62.7 Å². The molecular formula is C20H21ClFN3O2. The minimum absolute atomic E-state index is 0.0108. The summed E-state index contributed by atoms with van der Waals surface area (Å²) in [4.78, 5) is 17.0. The van der Waals surface area contributed by atoms with Gasteiger partial charge in [-0.3, -0.25) is 10.1 Å². The summed E-state index contributed by atoms with van der Waals surface area (Å²) in [6.07, 6.45) is 1.98. The summed E-state index contributed by atoms with van der Waals surface area (Å²) in [6, 6.07) is 11.5. The van der Waals surface area contributed by atoms with Crippen LogP contribution in [0, 0.1) is 12.7 Å². The van der Waals surface area contributed by atoms with Crippen molar-refractivity contribution in [1.29, 1.82) is 0 Å². The average molecular weight is 390 g/mol. The van der Waals surface area contributed by atoms with Crippen LogP contribution in [0.5, 0.6) is 0 Å². The standard InChI is InChI=1S/C20H21ClFN3O2/c1-13-4-6-14(7-5-13)19(26)25-20(23-12-16-3-2-10-27-16)24-15-8-9-18(22)17(21)11-15/h4-9,11,16H,2-3,10,12H2,1H3,(H2,23,24,25,26)/t16-/m1/s1.